The van der Waals surface area contributed by atoms with Gasteiger partial charge in [0, 0.05) is 25.6 Å². The first-order valence-corrected chi connectivity index (χ1v) is 10.3. The van der Waals surface area contributed by atoms with Gasteiger partial charge >= 0.3 is 0 Å². The second-order valence-electron chi connectivity index (χ2n) is 6.78. The van der Waals surface area contributed by atoms with Crippen LogP contribution in [0.2, 0.25) is 0 Å². The van der Waals surface area contributed by atoms with Crippen molar-refractivity contribution in [2.45, 2.75) is 32.1 Å². The quantitative estimate of drug-likeness (QED) is 0.755. The number of amides is 2. The number of aryl methyl sites for hydroxylation is 1. The number of nitrogens with zero attached hydrogens (tertiary/aromatic N) is 1. The zero-order valence-corrected chi connectivity index (χ0v) is 15.8. The normalized spacial score (nSPS) is 15.0. The van der Waals surface area contributed by atoms with Crippen molar-refractivity contribution in [1.82, 2.24) is 10.2 Å². The molecule has 2 heterocycles. The highest BCUT2D eigenvalue weighted by atomic mass is 32.1. The summed E-state index contributed by atoms with van der Waals surface area (Å²) in [6.45, 7) is 2.08. The number of benzene rings is 1. The van der Waals surface area contributed by atoms with Crippen molar-refractivity contribution >= 4 is 23.2 Å². The summed E-state index contributed by atoms with van der Waals surface area (Å²) in [6, 6.07) is 14.2. The molecule has 0 spiro atoms. The lowest BCUT2D eigenvalue weighted by atomic mass is 9.95. The van der Waals surface area contributed by atoms with Gasteiger partial charge in [-0.2, -0.15) is 0 Å². The van der Waals surface area contributed by atoms with Gasteiger partial charge in [-0.15, -0.1) is 11.3 Å². The molecule has 0 atom stereocenters. The molecule has 0 unspecified atom stereocenters. The van der Waals surface area contributed by atoms with E-state index < -0.39 is 0 Å². The highest BCUT2D eigenvalue weighted by Crippen LogP contribution is 2.21. The van der Waals surface area contributed by atoms with Crippen LogP contribution in [0.15, 0.2) is 47.8 Å². The van der Waals surface area contributed by atoms with E-state index in [1.165, 1.54) is 16.9 Å². The van der Waals surface area contributed by atoms with Crippen LogP contribution in [-0.4, -0.2) is 36.3 Å². The monoisotopic (exact) mass is 370 g/mol. The number of carbonyl (C=O) groups excluding carboxylic acids is 2. The summed E-state index contributed by atoms with van der Waals surface area (Å²) in [5, 5.41) is 4.99. The average Bonchev–Trinajstić information content (AvgIpc) is 3.23. The number of piperidine rings is 1. The number of carbonyl (C=O) groups is 2. The molecule has 1 aromatic heterocycles. The van der Waals surface area contributed by atoms with Crippen LogP contribution in [0, 0.1) is 5.92 Å². The molecular formula is C21H26N2O2S. The maximum atomic E-state index is 12.3. The number of thiophene rings is 1. The minimum Gasteiger partial charge on any atom is -0.356 e. The van der Waals surface area contributed by atoms with Crippen molar-refractivity contribution in [2.24, 2.45) is 5.92 Å². The summed E-state index contributed by atoms with van der Waals surface area (Å²) in [6.07, 6.45) is 4.65. The number of likely N-dealkylation sites (tertiary alicyclic amines) is 1. The third kappa shape index (κ3) is 5.18. The molecule has 138 valence electrons. The van der Waals surface area contributed by atoms with Crippen molar-refractivity contribution in [3.8, 4) is 0 Å². The number of nitrogens with one attached hydrogen (secondary N) is 1. The fraction of sp³-hybridized carbons (Fsp3) is 0.429. The standard InChI is InChI=1S/C21H26N2O2S/c24-20(22-13-5-4-9-17-7-2-1-3-8-17)18-11-14-23(15-12-18)21(25)19-10-6-16-26-19/h1-3,6-8,10,16,18H,4-5,9,11-15H2,(H,22,24). The Labute approximate surface area is 159 Å². The molecule has 1 fully saturated rings. The lowest BCUT2D eigenvalue weighted by Crippen LogP contribution is -2.43. The molecule has 4 nitrogen and oxygen atoms in total. The van der Waals surface area contributed by atoms with Gasteiger partial charge < -0.3 is 10.2 Å². The SMILES string of the molecule is O=C(NCCCCc1ccccc1)C1CCN(C(=O)c2cccs2)CC1. The maximum Gasteiger partial charge on any atom is 0.263 e. The van der Waals surface area contributed by atoms with Crippen molar-refractivity contribution in [1.29, 1.82) is 0 Å². The number of unbranched alkanes of at least 4 members (excludes halogenated alkanes) is 1. The van der Waals surface area contributed by atoms with Gasteiger partial charge in [-0.1, -0.05) is 36.4 Å². The van der Waals surface area contributed by atoms with E-state index in [-0.39, 0.29) is 17.7 Å². The molecule has 1 aromatic carbocycles. The Kier molecular flexibility index (Phi) is 6.83. The van der Waals surface area contributed by atoms with E-state index in [9.17, 15) is 9.59 Å². The van der Waals surface area contributed by atoms with Gasteiger partial charge in [0.1, 0.15) is 0 Å². The molecule has 5 heteroatoms. The predicted molar refractivity (Wildman–Crippen MR) is 105 cm³/mol. The largest absolute Gasteiger partial charge is 0.356 e. The van der Waals surface area contributed by atoms with Gasteiger partial charge in [0.05, 0.1) is 4.88 Å². The molecule has 1 N–H and O–H groups in total. The topological polar surface area (TPSA) is 49.4 Å². The molecule has 26 heavy (non-hydrogen) atoms. The fourth-order valence-electron chi connectivity index (χ4n) is 3.36. The molecule has 2 aromatic rings. The summed E-state index contributed by atoms with van der Waals surface area (Å²) in [5.74, 6) is 0.282. The van der Waals surface area contributed by atoms with E-state index in [4.69, 9.17) is 0 Å². The summed E-state index contributed by atoms with van der Waals surface area (Å²) in [7, 11) is 0. The molecule has 1 aliphatic rings. The lowest BCUT2D eigenvalue weighted by Gasteiger charge is -2.31. The van der Waals surface area contributed by atoms with Crippen LogP contribution in [-0.2, 0) is 11.2 Å². The third-order valence-electron chi connectivity index (χ3n) is 4.92. The van der Waals surface area contributed by atoms with E-state index >= 15 is 0 Å². The third-order valence-corrected chi connectivity index (χ3v) is 5.78. The van der Waals surface area contributed by atoms with Crippen molar-refractivity contribution in [3.63, 3.8) is 0 Å². The Morgan fingerprint density at radius 3 is 2.50 bits per heavy atom. The number of hydrogen-bond acceptors (Lipinski definition) is 3. The van der Waals surface area contributed by atoms with Crippen molar-refractivity contribution in [3.05, 3.63) is 58.3 Å². The van der Waals surface area contributed by atoms with E-state index in [1.54, 1.807) is 0 Å². The van der Waals surface area contributed by atoms with Crippen molar-refractivity contribution in [2.75, 3.05) is 19.6 Å². The molecule has 0 radical (unpaired) electrons. The minimum atomic E-state index is 0.0384. The molecule has 2 amide bonds. The fourth-order valence-corrected chi connectivity index (χ4v) is 4.05. The molecular weight excluding hydrogens is 344 g/mol. The Balaban J connectivity index is 1.32. The summed E-state index contributed by atoms with van der Waals surface area (Å²) < 4.78 is 0. The molecule has 0 bridgehead atoms. The number of rotatable bonds is 7. The van der Waals surface area contributed by atoms with E-state index in [2.05, 4.69) is 29.6 Å². The average molecular weight is 371 g/mol. The molecule has 0 saturated carbocycles. The van der Waals surface area contributed by atoms with Crippen molar-refractivity contribution < 1.29 is 9.59 Å². The Morgan fingerprint density at radius 1 is 1.04 bits per heavy atom. The Hall–Kier alpha value is -2.14. The zero-order valence-electron chi connectivity index (χ0n) is 15.0. The molecule has 0 aliphatic carbocycles. The molecule has 3 rings (SSSR count). The Morgan fingerprint density at radius 2 is 1.81 bits per heavy atom. The van der Waals surface area contributed by atoms with Crippen LogP contribution >= 0.6 is 11.3 Å². The van der Waals surface area contributed by atoms with E-state index in [1.807, 2.05) is 28.5 Å². The molecule has 1 aliphatic heterocycles. The maximum absolute atomic E-state index is 12.3. The zero-order chi connectivity index (χ0) is 18.2. The van der Waals surface area contributed by atoms with Crippen LogP contribution < -0.4 is 5.32 Å². The summed E-state index contributed by atoms with van der Waals surface area (Å²) in [5.41, 5.74) is 1.35. The van der Waals surface area contributed by atoms with Gasteiger partial charge in [-0.25, -0.2) is 0 Å². The van der Waals surface area contributed by atoms with Crippen LogP contribution in [0.1, 0.15) is 40.9 Å². The van der Waals surface area contributed by atoms with E-state index in [0.29, 0.717) is 13.1 Å². The van der Waals surface area contributed by atoms with E-state index in [0.717, 1.165) is 43.5 Å². The smallest absolute Gasteiger partial charge is 0.263 e. The van der Waals surface area contributed by atoms with Gasteiger partial charge in [-0.05, 0) is 49.1 Å². The van der Waals surface area contributed by atoms with Crippen LogP contribution in [0.3, 0.4) is 0 Å². The summed E-state index contributed by atoms with van der Waals surface area (Å²) >= 11 is 1.48. The lowest BCUT2D eigenvalue weighted by molar-refractivity contribution is -0.126. The Bertz CT molecular complexity index is 692. The van der Waals surface area contributed by atoms with Gasteiger partial charge in [0.15, 0.2) is 0 Å². The van der Waals surface area contributed by atoms with Gasteiger partial charge in [0.25, 0.3) is 5.91 Å². The van der Waals surface area contributed by atoms with Gasteiger partial charge in [-0.3, -0.25) is 9.59 Å². The minimum absolute atomic E-state index is 0.0384. The second kappa shape index (κ2) is 9.53. The first kappa shape index (κ1) is 18.6. The highest BCUT2D eigenvalue weighted by molar-refractivity contribution is 7.12. The predicted octanol–water partition coefficient (Wildman–Crippen LogP) is 3.74. The second-order valence-corrected chi connectivity index (χ2v) is 7.73. The van der Waals surface area contributed by atoms with Crippen LogP contribution in [0.25, 0.3) is 0 Å². The number of hydrogen-bond donors (Lipinski definition) is 1. The van der Waals surface area contributed by atoms with Crippen LogP contribution in [0.4, 0.5) is 0 Å². The molecule has 1 saturated heterocycles. The van der Waals surface area contributed by atoms with Crippen LogP contribution in [0.5, 0.6) is 0 Å². The first-order chi connectivity index (χ1) is 12.7. The summed E-state index contributed by atoms with van der Waals surface area (Å²) in [4.78, 5) is 27.3. The van der Waals surface area contributed by atoms with Gasteiger partial charge in [0.2, 0.25) is 5.91 Å². The first-order valence-electron chi connectivity index (χ1n) is 9.38. The highest BCUT2D eigenvalue weighted by Gasteiger charge is 2.27.